The number of esters is 1. The lowest BCUT2D eigenvalue weighted by Gasteiger charge is -2.29. The molecule has 12 heteroatoms. The first kappa shape index (κ1) is 43.3. The predicted molar refractivity (Wildman–Crippen MR) is 198 cm³/mol. The van der Waals surface area contributed by atoms with Crippen molar-refractivity contribution in [3.8, 4) is 5.75 Å². The first-order chi connectivity index (χ1) is 24.7. The van der Waals surface area contributed by atoms with Crippen LogP contribution in [0.15, 0.2) is 53.0 Å². The van der Waals surface area contributed by atoms with Crippen LogP contribution in [-0.4, -0.2) is 49.7 Å². The van der Waals surface area contributed by atoms with Gasteiger partial charge in [-0.1, -0.05) is 78.9 Å². The zero-order valence-electron chi connectivity index (χ0n) is 30.6. The Balaban J connectivity index is 0.00000729. The van der Waals surface area contributed by atoms with Crippen LogP contribution in [0.3, 0.4) is 0 Å². The minimum atomic E-state index is -0.819. The quantitative estimate of drug-likeness (QED) is 0.118. The zero-order chi connectivity index (χ0) is 36.4. The largest absolute Gasteiger partial charge is 1.00 e. The lowest BCUT2D eigenvalue weighted by atomic mass is 9.81. The Kier molecular flexibility index (Phi) is 19.5. The van der Waals surface area contributed by atoms with Crippen LogP contribution < -0.4 is 33.5 Å². The fourth-order valence-corrected chi connectivity index (χ4v) is 7.39. The van der Waals surface area contributed by atoms with Crippen LogP contribution in [0.1, 0.15) is 102 Å². The second kappa shape index (κ2) is 23.5. The number of rotatable bonds is 18. The van der Waals surface area contributed by atoms with E-state index in [1.54, 1.807) is 24.3 Å². The second-order valence-electron chi connectivity index (χ2n) is 14.2. The summed E-state index contributed by atoms with van der Waals surface area (Å²) in [5.74, 6) is 0.540. The number of nitrogens with one attached hydrogen (secondary N) is 2. The van der Waals surface area contributed by atoms with E-state index < -0.39 is 12.2 Å². The highest BCUT2D eigenvalue weighted by atomic mass is 79.9. The van der Waals surface area contributed by atoms with Gasteiger partial charge >= 0.3 is 12.1 Å². The third-order valence-electron chi connectivity index (χ3n) is 10.4. The normalized spacial score (nSPS) is 20.4. The molecule has 2 aliphatic carbocycles. The fraction of sp³-hybridized carbons (Fsp3) is 0.600. The van der Waals surface area contributed by atoms with Gasteiger partial charge in [0.2, 0.25) is 11.8 Å². The Hall–Kier alpha value is -3.15. The lowest BCUT2D eigenvalue weighted by molar-refractivity contribution is -0.380. The Morgan fingerprint density at radius 2 is 1.48 bits per heavy atom. The molecule has 2 amide bonds. The van der Waals surface area contributed by atoms with Gasteiger partial charge in [0, 0.05) is 34.8 Å². The molecule has 0 bridgehead atoms. The first-order valence-electron chi connectivity index (χ1n) is 19.0. The van der Waals surface area contributed by atoms with Gasteiger partial charge in [-0.25, -0.2) is 4.79 Å². The van der Waals surface area contributed by atoms with Crippen LogP contribution in [0, 0.1) is 23.7 Å². The topological polar surface area (TPSA) is 148 Å². The molecule has 2 aliphatic rings. The molecule has 0 spiro atoms. The molecular weight excluding hydrogens is 750 g/mol. The molecule has 5 N–H and O–H groups in total. The maximum Gasteiger partial charge on any atom is 0.514 e. The van der Waals surface area contributed by atoms with Crippen molar-refractivity contribution in [3.63, 3.8) is 0 Å². The molecule has 0 aliphatic heterocycles. The summed E-state index contributed by atoms with van der Waals surface area (Å²) in [6, 6.07) is 13.6. The lowest BCUT2D eigenvalue weighted by Crippen LogP contribution is -3.00. The number of ether oxygens (including phenoxy) is 3. The Morgan fingerprint density at radius 3 is 2.15 bits per heavy atom. The van der Waals surface area contributed by atoms with Gasteiger partial charge in [-0.05, 0) is 87.5 Å². The molecule has 10 nitrogen and oxygen atoms in total. The van der Waals surface area contributed by atoms with E-state index in [1.165, 1.54) is 19.3 Å². The molecule has 0 heterocycles. The molecule has 2 aromatic carbocycles. The maximum atomic E-state index is 13.6. The average molecular weight is 807 g/mol. The van der Waals surface area contributed by atoms with Crippen LogP contribution in [-0.2, 0) is 36.9 Å². The van der Waals surface area contributed by atoms with Crippen molar-refractivity contribution in [2.75, 3.05) is 19.7 Å². The number of amides is 2. The average Bonchev–Trinajstić information content (AvgIpc) is 3.15. The van der Waals surface area contributed by atoms with Gasteiger partial charge in [-0.15, -0.1) is 0 Å². The Bertz CT molecular complexity index is 1400. The highest BCUT2D eigenvalue weighted by molar-refractivity contribution is 9.10. The van der Waals surface area contributed by atoms with Crippen molar-refractivity contribution in [2.24, 2.45) is 23.7 Å². The second-order valence-corrected chi connectivity index (χ2v) is 15.0. The number of hydrogen-bond acceptors (Lipinski definition) is 7. The van der Waals surface area contributed by atoms with E-state index in [-0.39, 0.29) is 61.0 Å². The third kappa shape index (κ3) is 14.7. The van der Waals surface area contributed by atoms with Crippen LogP contribution in [0.2, 0.25) is 0 Å². The van der Waals surface area contributed by atoms with Crippen molar-refractivity contribution in [3.05, 3.63) is 64.1 Å². The molecular formula is C40H57BrClN3O7. The van der Waals surface area contributed by atoms with Gasteiger partial charge in [0.1, 0.15) is 18.4 Å². The van der Waals surface area contributed by atoms with Crippen molar-refractivity contribution < 1.29 is 51.5 Å². The zero-order valence-corrected chi connectivity index (χ0v) is 32.9. The van der Waals surface area contributed by atoms with Crippen LogP contribution in [0.25, 0.3) is 0 Å². The number of halogens is 2. The van der Waals surface area contributed by atoms with Crippen molar-refractivity contribution in [1.29, 1.82) is 0 Å². The molecule has 0 unspecified atom stereocenters. The number of carbonyl (C=O) groups excluding carboxylic acids is 4. The van der Waals surface area contributed by atoms with Crippen molar-refractivity contribution in [1.82, 2.24) is 10.6 Å². The molecule has 2 fully saturated rings. The first-order valence-corrected chi connectivity index (χ1v) is 19.8. The van der Waals surface area contributed by atoms with E-state index in [4.69, 9.17) is 14.2 Å². The van der Waals surface area contributed by atoms with Gasteiger partial charge < -0.3 is 43.0 Å². The van der Waals surface area contributed by atoms with E-state index in [0.29, 0.717) is 24.8 Å². The number of quaternary nitrogens is 1. The van der Waals surface area contributed by atoms with E-state index in [1.807, 2.05) is 24.3 Å². The molecule has 2 aromatic rings. The van der Waals surface area contributed by atoms with E-state index in [9.17, 15) is 19.2 Å². The summed E-state index contributed by atoms with van der Waals surface area (Å²) in [6.07, 6.45) is 11.8. The smallest absolute Gasteiger partial charge is 0.514 e. The maximum absolute atomic E-state index is 13.6. The predicted octanol–water partition coefficient (Wildman–Crippen LogP) is 3.68. The molecule has 288 valence electrons. The SMILES string of the molecule is CCCCCCCOC(=O)C1CCC(CNC(=O)[C@H](Cc2ccc(OC(=O)OCc3ccccc3Br)cc2)NC(=O)C2CCC(C[NH3+])CC2)CC1.[Cl-]. The number of carbonyl (C=O) groups is 4. The summed E-state index contributed by atoms with van der Waals surface area (Å²) in [4.78, 5) is 51.9. The molecule has 2 saturated carbocycles. The summed E-state index contributed by atoms with van der Waals surface area (Å²) < 4.78 is 17.0. The molecule has 4 rings (SSSR count). The summed E-state index contributed by atoms with van der Waals surface area (Å²) in [6.45, 7) is 4.12. The molecule has 0 radical (unpaired) electrons. The highest BCUT2D eigenvalue weighted by Crippen LogP contribution is 2.30. The van der Waals surface area contributed by atoms with Gasteiger partial charge in [-0.3, -0.25) is 14.4 Å². The standard InChI is InChI=1S/C40H56BrN3O7.ClH/c1-2-3-4-5-8-23-49-39(47)32-19-13-30(14-20-32)26-43-38(46)36(44-37(45)31-17-11-29(25-42)12-18-31)24-28-15-21-34(22-16-28)51-40(48)50-27-33-9-6-7-10-35(33)41;/h6-7,9-10,15-16,21-22,29-32,36H,2-5,8,11-14,17-20,23-27,42H2,1H3,(H,43,46)(H,44,45);1H/t29?,30?,31?,32?,36-;/m0./s1. The number of benzene rings is 2. The fourth-order valence-electron chi connectivity index (χ4n) is 6.99. The Labute approximate surface area is 323 Å². The molecule has 52 heavy (non-hydrogen) atoms. The van der Waals surface area contributed by atoms with E-state index in [0.717, 1.165) is 86.4 Å². The summed E-state index contributed by atoms with van der Waals surface area (Å²) in [5, 5.41) is 6.16. The van der Waals surface area contributed by atoms with E-state index in [2.05, 4.69) is 39.2 Å². The van der Waals surface area contributed by atoms with Crippen LogP contribution in [0.4, 0.5) is 4.79 Å². The number of hydrogen-bond donors (Lipinski definition) is 3. The van der Waals surface area contributed by atoms with Crippen molar-refractivity contribution >= 4 is 39.9 Å². The summed E-state index contributed by atoms with van der Waals surface area (Å²) >= 11 is 3.44. The van der Waals surface area contributed by atoms with E-state index >= 15 is 0 Å². The number of unbranched alkanes of at least 4 members (excludes halogenated alkanes) is 4. The minimum absolute atomic E-state index is 0. The third-order valence-corrected chi connectivity index (χ3v) is 11.1. The van der Waals surface area contributed by atoms with Crippen LogP contribution >= 0.6 is 15.9 Å². The van der Waals surface area contributed by atoms with Gasteiger partial charge in [-0.2, -0.15) is 0 Å². The summed E-state index contributed by atoms with van der Waals surface area (Å²) in [5.41, 5.74) is 5.66. The van der Waals surface area contributed by atoms with Crippen molar-refractivity contribution in [2.45, 2.75) is 109 Å². The molecule has 1 atom stereocenters. The summed E-state index contributed by atoms with van der Waals surface area (Å²) in [7, 11) is 0. The highest BCUT2D eigenvalue weighted by Gasteiger charge is 2.31. The molecule has 0 aromatic heterocycles. The molecule has 0 saturated heterocycles. The van der Waals surface area contributed by atoms with Gasteiger partial charge in [0.25, 0.3) is 0 Å². The van der Waals surface area contributed by atoms with Gasteiger partial charge in [0.05, 0.1) is 19.1 Å². The minimum Gasteiger partial charge on any atom is -1.00 e. The Morgan fingerprint density at radius 1 is 0.827 bits per heavy atom. The van der Waals surface area contributed by atoms with Gasteiger partial charge in [0.15, 0.2) is 0 Å². The van der Waals surface area contributed by atoms with Crippen LogP contribution in [0.5, 0.6) is 5.75 Å². The monoisotopic (exact) mass is 805 g/mol.